The van der Waals surface area contributed by atoms with Crippen LogP contribution in [-0.2, 0) is 11.2 Å². The monoisotopic (exact) mass is 427 g/mol. The Labute approximate surface area is 187 Å². The summed E-state index contributed by atoms with van der Waals surface area (Å²) in [6, 6.07) is 25.9. The summed E-state index contributed by atoms with van der Waals surface area (Å²) in [5.41, 5.74) is 6.51. The topological polar surface area (TPSA) is 37.4 Å². The number of amides is 2. The molecule has 1 saturated heterocycles. The van der Waals surface area contributed by atoms with E-state index < -0.39 is 5.25 Å². The van der Waals surface area contributed by atoms with Crippen molar-refractivity contribution in [2.24, 2.45) is 0 Å². The maximum Gasteiger partial charge on any atom is 0.293 e. The average Bonchev–Trinajstić information content (AvgIpc) is 3.01. The number of thioether (sulfide) groups is 1. The highest BCUT2D eigenvalue weighted by Gasteiger charge is 2.40. The van der Waals surface area contributed by atoms with Gasteiger partial charge in [-0.05, 0) is 49.9 Å². The fraction of sp³-hybridized carbons (Fsp3) is 0.185. The number of benzene rings is 3. The Morgan fingerprint density at radius 2 is 1.61 bits per heavy atom. The fourth-order valence-electron chi connectivity index (χ4n) is 3.90. The van der Waals surface area contributed by atoms with Crippen molar-refractivity contribution in [3.63, 3.8) is 0 Å². The molecule has 2 amide bonds. The van der Waals surface area contributed by atoms with Crippen LogP contribution in [0.25, 0.3) is 6.08 Å². The lowest BCUT2D eigenvalue weighted by Crippen LogP contribution is -2.31. The molecule has 0 radical (unpaired) electrons. The molecule has 0 bridgehead atoms. The number of rotatable bonds is 6. The van der Waals surface area contributed by atoms with Crippen LogP contribution in [0.2, 0.25) is 0 Å². The van der Waals surface area contributed by atoms with Gasteiger partial charge in [0, 0.05) is 0 Å². The minimum Gasteiger partial charge on any atom is -0.273 e. The lowest BCUT2D eigenvalue weighted by Gasteiger charge is -2.15. The largest absolute Gasteiger partial charge is 0.293 e. The summed E-state index contributed by atoms with van der Waals surface area (Å²) in [6.45, 7) is 4.16. The molecule has 0 spiro atoms. The standard InChI is InChI=1S/C27H25NO2S/c1-19-8-6-10-21(14-19)16-23(17-22-11-7-9-20(2)15-22)18-25-26(29)28(27(30)31-25)24-12-4-3-5-13-24/h3-16,25H,17-18H2,1-2H3. The highest BCUT2D eigenvalue weighted by Crippen LogP contribution is 2.35. The van der Waals surface area contributed by atoms with Crippen LogP contribution in [0.3, 0.4) is 0 Å². The van der Waals surface area contributed by atoms with E-state index in [1.54, 1.807) is 12.1 Å². The van der Waals surface area contributed by atoms with Gasteiger partial charge in [0.05, 0.1) is 10.9 Å². The number of carbonyl (C=O) groups excluding carboxylic acids is 2. The molecule has 4 rings (SSSR count). The Hall–Kier alpha value is -3.11. The van der Waals surface area contributed by atoms with Crippen molar-refractivity contribution in [1.29, 1.82) is 0 Å². The molecular formula is C27H25NO2S. The van der Waals surface area contributed by atoms with Crippen LogP contribution in [0.4, 0.5) is 10.5 Å². The molecule has 0 aromatic heterocycles. The summed E-state index contributed by atoms with van der Waals surface area (Å²) in [4.78, 5) is 27.1. The Morgan fingerprint density at radius 1 is 0.903 bits per heavy atom. The Morgan fingerprint density at radius 3 is 2.32 bits per heavy atom. The molecule has 0 N–H and O–H groups in total. The zero-order chi connectivity index (χ0) is 21.8. The number of imide groups is 1. The number of nitrogens with zero attached hydrogens (tertiary/aromatic N) is 1. The highest BCUT2D eigenvalue weighted by atomic mass is 32.2. The molecule has 31 heavy (non-hydrogen) atoms. The first-order valence-electron chi connectivity index (χ1n) is 10.4. The predicted molar refractivity (Wildman–Crippen MR) is 129 cm³/mol. The first kappa shape index (κ1) is 21.1. The van der Waals surface area contributed by atoms with Crippen molar-refractivity contribution in [3.05, 3.63) is 107 Å². The van der Waals surface area contributed by atoms with Gasteiger partial charge in [0.2, 0.25) is 5.91 Å². The van der Waals surface area contributed by atoms with Crippen LogP contribution in [0.1, 0.15) is 28.7 Å². The van der Waals surface area contributed by atoms with Crippen molar-refractivity contribution in [3.8, 4) is 0 Å². The van der Waals surface area contributed by atoms with Gasteiger partial charge in [-0.25, -0.2) is 4.90 Å². The second-order valence-corrected chi connectivity index (χ2v) is 9.12. The minimum absolute atomic E-state index is 0.138. The number of hydrogen-bond donors (Lipinski definition) is 0. The van der Waals surface area contributed by atoms with E-state index >= 15 is 0 Å². The van der Waals surface area contributed by atoms with Gasteiger partial charge in [-0.15, -0.1) is 0 Å². The quantitative estimate of drug-likeness (QED) is 0.445. The molecule has 1 aliphatic rings. The first-order valence-corrected chi connectivity index (χ1v) is 11.3. The van der Waals surface area contributed by atoms with Crippen molar-refractivity contribution >= 4 is 34.7 Å². The van der Waals surface area contributed by atoms with Crippen LogP contribution >= 0.6 is 11.8 Å². The summed E-state index contributed by atoms with van der Waals surface area (Å²) in [5, 5.41) is -0.611. The molecule has 1 aliphatic heterocycles. The molecule has 3 nitrogen and oxygen atoms in total. The maximum atomic E-state index is 13.1. The summed E-state index contributed by atoms with van der Waals surface area (Å²) < 4.78 is 0. The summed E-state index contributed by atoms with van der Waals surface area (Å²) in [7, 11) is 0. The Bertz CT molecular complexity index is 1140. The van der Waals surface area contributed by atoms with Gasteiger partial charge in [-0.2, -0.15) is 0 Å². The van der Waals surface area contributed by atoms with Crippen LogP contribution in [0, 0.1) is 13.8 Å². The van der Waals surface area contributed by atoms with Crippen molar-refractivity contribution in [2.45, 2.75) is 31.9 Å². The van der Waals surface area contributed by atoms with Gasteiger partial charge >= 0.3 is 0 Å². The number of aryl methyl sites for hydroxylation is 2. The number of allylic oxidation sites excluding steroid dienone is 1. The first-order chi connectivity index (χ1) is 15.0. The fourth-order valence-corrected chi connectivity index (χ4v) is 4.95. The molecule has 3 aromatic rings. The third-order valence-corrected chi connectivity index (χ3v) is 6.35. The van der Waals surface area contributed by atoms with Crippen molar-refractivity contribution in [1.82, 2.24) is 0 Å². The normalized spacial score (nSPS) is 16.8. The molecular weight excluding hydrogens is 402 g/mol. The van der Waals surface area contributed by atoms with Crippen molar-refractivity contribution < 1.29 is 9.59 Å². The molecule has 0 aliphatic carbocycles. The molecule has 1 unspecified atom stereocenters. The molecule has 4 heteroatoms. The van der Waals surface area contributed by atoms with E-state index in [0.717, 1.165) is 29.3 Å². The average molecular weight is 428 g/mol. The van der Waals surface area contributed by atoms with E-state index in [9.17, 15) is 9.59 Å². The van der Waals surface area contributed by atoms with Gasteiger partial charge in [0.25, 0.3) is 5.24 Å². The SMILES string of the molecule is Cc1cccc(C=C(Cc2cccc(C)c2)CC2SC(=O)N(c3ccccc3)C2=O)c1. The zero-order valence-electron chi connectivity index (χ0n) is 17.7. The molecule has 156 valence electrons. The van der Waals surface area contributed by atoms with Crippen LogP contribution in [-0.4, -0.2) is 16.4 Å². The smallest absolute Gasteiger partial charge is 0.273 e. The number of hydrogen-bond acceptors (Lipinski definition) is 3. The summed E-state index contributed by atoms with van der Waals surface area (Å²) in [6.07, 6.45) is 3.46. The summed E-state index contributed by atoms with van der Waals surface area (Å²) >= 11 is 1.13. The van der Waals surface area contributed by atoms with Crippen LogP contribution in [0.5, 0.6) is 0 Å². The summed E-state index contributed by atoms with van der Waals surface area (Å²) in [5.74, 6) is -0.138. The minimum atomic E-state index is -0.409. The molecule has 0 saturated carbocycles. The van der Waals surface area contributed by atoms with E-state index in [1.165, 1.54) is 21.6 Å². The highest BCUT2D eigenvalue weighted by molar-refractivity contribution is 8.15. The van der Waals surface area contributed by atoms with E-state index in [0.29, 0.717) is 12.1 Å². The number of para-hydroxylation sites is 1. The Balaban J connectivity index is 1.61. The van der Waals surface area contributed by atoms with E-state index in [-0.39, 0.29) is 11.1 Å². The van der Waals surface area contributed by atoms with Gasteiger partial charge in [-0.3, -0.25) is 9.59 Å². The van der Waals surface area contributed by atoms with Gasteiger partial charge in [0.1, 0.15) is 0 Å². The zero-order valence-corrected chi connectivity index (χ0v) is 18.6. The third-order valence-electron chi connectivity index (χ3n) is 5.31. The van der Waals surface area contributed by atoms with E-state index in [2.05, 4.69) is 62.4 Å². The van der Waals surface area contributed by atoms with Gasteiger partial charge in [-0.1, -0.05) is 101 Å². The molecule has 3 aromatic carbocycles. The third kappa shape index (κ3) is 5.15. The lowest BCUT2D eigenvalue weighted by molar-refractivity contribution is -0.117. The molecule has 1 fully saturated rings. The van der Waals surface area contributed by atoms with E-state index in [1.807, 2.05) is 24.3 Å². The van der Waals surface area contributed by atoms with Gasteiger partial charge < -0.3 is 0 Å². The van der Waals surface area contributed by atoms with Crippen LogP contribution in [0.15, 0.2) is 84.4 Å². The second kappa shape index (κ2) is 9.36. The molecule has 1 atom stereocenters. The maximum absolute atomic E-state index is 13.1. The van der Waals surface area contributed by atoms with Crippen LogP contribution < -0.4 is 4.90 Å². The van der Waals surface area contributed by atoms with Gasteiger partial charge in [0.15, 0.2) is 0 Å². The molecule has 1 heterocycles. The second-order valence-electron chi connectivity index (χ2n) is 7.97. The number of carbonyl (C=O) groups is 2. The number of anilines is 1. The predicted octanol–water partition coefficient (Wildman–Crippen LogP) is 6.59. The lowest BCUT2D eigenvalue weighted by atomic mass is 9.96. The Kier molecular flexibility index (Phi) is 6.38. The van der Waals surface area contributed by atoms with E-state index in [4.69, 9.17) is 0 Å². The van der Waals surface area contributed by atoms with Crippen molar-refractivity contribution in [2.75, 3.05) is 4.90 Å².